The van der Waals surface area contributed by atoms with Crippen LogP contribution in [0.1, 0.15) is 80.3 Å². The Morgan fingerprint density at radius 2 is 1.61 bits per heavy atom. The number of aliphatic hydroxyl groups is 1. The molecule has 14 atom stereocenters. The van der Waals surface area contributed by atoms with Crippen LogP contribution in [-0.2, 0) is 59.2 Å². The molecule has 0 aliphatic carbocycles. The van der Waals surface area contributed by atoms with Crippen LogP contribution < -0.4 is 4.72 Å². The molecule has 2 aromatic rings. The number of likely N-dealkylation sites (N-methyl/N-ethyl adjacent to an activating group) is 1. The Bertz CT molecular complexity index is 2290. The lowest BCUT2D eigenvalue weighted by molar-refractivity contribution is -0.301. The average molecular weight is 1010 g/mol. The van der Waals surface area contributed by atoms with Crippen molar-refractivity contribution >= 4 is 33.8 Å². The Hall–Kier alpha value is -4.39. The zero-order valence-electron chi connectivity index (χ0n) is 40.5. The molecule has 0 radical (unpaired) electrons. The Labute approximate surface area is 398 Å². The van der Waals surface area contributed by atoms with E-state index < -0.39 is 165 Å². The quantitative estimate of drug-likeness (QED) is 0.0905. The van der Waals surface area contributed by atoms with E-state index in [1.807, 2.05) is 11.8 Å². The number of aliphatic hydroxyl groups excluding tert-OH is 1. The molecule has 23 heteroatoms. The predicted molar refractivity (Wildman–Crippen MR) is 234 cm³/mol. The Balaban J connectivity index is 1.59. The number of nitrogens with one attached hydrogen (secondary N) is 1. The zero-order valence-corrected chi connectivity index (χ0v) is 41.3. The molecule has 0 unspecified atom stereocenters. The van der Waals surface area contributed by atoms with Gasteiger partial charge in [0.2, 0.25) is 15.8 Å². The molecule has 17 nitrogen and oxygen atoms in total. The summed E-state index contributed by atoms with van der Waals surface area (Å²) in [7, 11) is -0.513. The predicted octanol–water partition coefficient (Wildman–Crippen LogP) is 4.84. The van der Waals surface area contributed by atoms with Crippen LogP contribution in [0.25, 0.3) is 0 Å². The van der Waals surface area contributed by atoms with Crippen LogP contribution in [0.5, 0.6) is 0 Å². The standard InChI is InChI=1S/C46H63F5N4O13S/c1-12-29-46(8)40(55(44(60)68-46)18-17-53-69(61,62)39-34(50)32(48)31(47)33(49)35(39)51)24(4)36(57)22(2)21-45(7,63-11)41(67-43-37(58)28(54(9)10)19-23(3)64-43)25(5)38(26(6)42(59)65-29)66-30(56)20-27-15-13-14-16-52-27/h13-16,22-26,28-29,37-38,40-41,43,53,58H,12,17-21H2,1-11H3/t22-,23-,24-,25-,26-,28+,29+,37-,38-,40+,41-,43+,45-,46-/m1/s1. The molecule has 3 saturated heterocycles. The molecule has 5 rings (SSSR count). The summed E-state index contributed by atoms with van der Waals surface area (Å²) in [5.41, 5.74) is -3.02. The van der Waals surface area contributed by atoms with E-state index in [1.165, 1.54) is 34.1 Å². The lowest BCUT2D eigenvalue weighted by Crippen LogP contribution is -2.61. The summed E-state index contributed by atoms with van der Waals surface area (Å²) in [5, 5.41) is 11.7. The van der Waals surface area contributed by atoms with E-state index in [1.54, 1.807) is 64.7 Å². The van der Waals surface area contributed by atoms with Crippen LogP contribution in [-0.4, -0.2) is 147 Å². The maximum Gasteiger partial charge on any atom is 0.410 e. The number of fused-ring (bicyclic) bond motifs is 1. The fraction of sp³-hybridized carbons (Fsp3) is 0.674. The molecular weight excluding hydrogens is 944 g/mol. The van der Waals surface area contributed by atoms with Crippen LogP contribution in [0, 0.1) is 52.8 Å². The second kappa shape index (κ2) is 21.9. The van der Waals surface area contributed by atoms with E-state index in [-0.39, 0.29) is 19.3 Å². The zero-order chi connectivity index (χ0) is 51.7. The van der Waals surface area contributed by atoms with Crippen molar-refractivity contribution in [2.45, 2.75) is 146 Å². The number of amides is 1. The van der Waals surface area contributed by atoms with Crippen LogP contribution in [0.2, 0.25) is 0 Å². The molecule has 69 heavy (non-hydrogen) atoms. The summed E-state index contributed by atoms with van der Waals surface area (Å²) in [6.45, 7) is 11.1. The summed E-state index contributed by atoms with van der Waals surface area (Å²) >= 11 is 0. The first-order chi connectivity index (χ1) is 32.1. The molecule has 2 N–H and O–H groups in total. The highest BCUT2D eigenvalue weighted by molar-refractivity contribution is 7.89. The Morgan fingerprint density at radius 3 is 2.17 bits per heavy atom. The van der Waals surface area contributed by atoms with Crippen LogP contribution >= 0.6 is 0 Å². The largest absolute Gasteiger partial charge is 0.461 e. The number of Topliss-reactive ketones (excluding diaryl/α,β-unsaturated/α-hetero) is 1. The third kappa shape index (κ3) is 11.4. The molecule has 3 fully saturated rings. The fourth-order valence-corrected chi connectivity index (χ4v) is 11.3. The highest BCUT2D eigenvalue weighted by Gasteiger charge is 2.60. The maximum atomic E-state index is 14.9. The van der Waals surface area contributed by atoms with Gasteiger partial charge < -0.3 is 38.4 Å². The van der Waals surface area contributed by atoms with Crippen LogP contribution in [0.4, 0.5) is 26.7 Å². The average Bonchev–Trinajstić information content (AvgIpc) is 3.55. The minimum Gasteiger partial charge on any atom is -0.461 e. The third-order valence-corrected chi connectivity index (χ3v) is 15.2. The first-order valence-electron chi connectivity index (χ1n) is 22.7. The fourth-order valence-electron chi connectivity index (χ4n) is 10.1. The highest BCUT2D eigenvalue weighted by atomic mass is 32.2. The summed E-state index contributed by atoms with van der Waals surface area (Å²) < 4.78 is 137. The van der Waals surface area contributed by atoms with Gasteiger partial charge in [0.25, 0.3) is 0 Å². The minimum atomic E-state index is -5.48. The molecule has 0 saturated carbocycles. The van der Waals surface area contributed by atoms with Gasteiger partial charge in [-0.3, -0.25) is 24.3 Å². The van der Waals surface area contributed by atoms with Crippen molar-refractivity contribution in [2.24, 2.45) is 23.7 Å². The van der Waals surface area contributed by atoms with Crippen molar-refractivity contribution in [2.75, 3.05) is 34.3 Å². The van der Waals surface area contributed by atoms with Gasteiger partial charge in [0.05, 0.1) is 41.9 Å². The van der Waals surface area contributed by atoms with Gasteiger partial charge in [-0.15, -0.1) is 0 Å². The van der Waals surface area contributed by atoms with Crippen molar-refractivity contribution < 1.29 is 83.1 Å². The van der Waals surface area contributed by atoms with E-state index in [4.69, 9.17) is 28.4 Å². The third-order valence-electron chi connectivity index (χ3n) is 13.7. The Kier molecular flexibility index (Phi) is 17.7. The molecule has 3 aliphatic heterocycles. The highest BCUT2D eigenvalue weighted by Crippen LogP contribution is 2.44. The molecule has 3 aliphatic rings. The molecule has 1 aromatic heterocycles. The maximum absolute atomic E-state index is 14.9. The molecule has 386 valence electrons. The van der Waals surface area contributed by atoms with Gasteiger partial charge in [-0.05, 0) is 73.2 Å². The first-order valence-corrected chi connectivity index (χ1v) is 24.2. The van der Waals surface area contributed by atoms with E-state index >= 15 is 0 Å². The molecule has 0 spiro atoms. The van der Waals surface area contributed by atoms with Crippen molar-refractivity contribution in [3.63, 3.8) is 0 Å². The van der Waals surface area contributed by atoms with Crippen molar-refractivity contribution in [1.82, 2.24) is 19.5 Å². The smallest absolute Gasteiger partial charge is 0.410 e. The normalized spacial score (nSPS) is 33.9. The first kappa shape index (κ1) is 55.5. The number of ketones is 1. The number of carbonyl (C=O) groups is 4. The van der Waals surface area contributed by atoms with E-state index in [0.29, 0.717) is 12.1 Å². The number of pyridine rings is 1. The Morgan fingerprint density at radius 1 is 0.986 bits per heavy atom. The second-order valence-corrected chi connectivity index (χ2v) is 20.6. The SMILES string of the molecule is CC[C@@H]1OC(=O)[C@H](C)[C@H](OC(=O)Cc2ccccn2)[C@@H](C)[C@@H](O[C@@H]2O[C@H](C)C[C@H](N(C)C)[C@H]2O)[C@](C)(OC)C[C@@H](C)C(=O)[C@@H](C)[C@@H]2N(CCNS(=O)(=O)c3c(F)c(F)c(F)c(F)c3F)C(=O)O[C@]12C. The number of carbonyl (C=O) groups excluding carboxylic acids is 4. The number of methoxy groups -OCH3 is 1. The number of benzene rings is 1. The number of halogens is 5. The van der Waals surface area contributed by atoms with Gasteiger partial charge in [-0.1, -0.05) is 33.8 Å². The molecule has 4 heterocycles. The number of esters is 2. The van der Waals surface area contributed by atoms with Gasteiger partial charge in [0.1, 0.15) is 24.1 Å². The van der Waals surface area contributed by atoms with Crippen molar-refractivity contribution in [3.05, 3.63) is 59.2 Å². The van der Waals surface area contributed by atoms with Gasteiger partial charge in [0, 0.05) is 50.2 Å². The van der Waals surface area contributed by atoms with Crippen LogP contribution in [0.3, 0.4) is 0 Å². The van der Waals surface area contributed by atoms with E-state index in [2.05, 4.69) is 4.98 Å². The monoisotopic (exact) mass is 1010 g/mol. The topological polar surface area (TPSA) is 209 Å². The summed E-state index contributed by atoms with van der Waals surface area (Å²) in [5.74, 6) is -19.4. The molecular formula is C46H63F5N4O13S. The van der Waals surface area contributed by atoms with E-state index in [9.17, 15) is 54.7 Å². The van der Waals surface area contributed by atoms with Gasteiger partial charge in [-0.25, -0.2) is 39.9 Å². The number of aromatic nitrogens is 1. The molecule has 1 amide bonds. The van der Waals surface area contributed by atoms with Gasteiger partial charge in [0.15, 0.2) is 40.1 Å². The summed E-state index contributed by atoms with van der Waals surface area (Å²) in [6.07, 6.45) is -6.44. The van der Waals surface area contributed by atoms with Crippen LogP contribution in [0.15, 0.2) is 29.3 Å². The van der Waals surface area contributed by atoms with E-state index in [0.717, 1.165) is 4.90 Å². The number of rotatable bonds is 13. The number of sulfonamides is 1. The van der Waals surface area contributed by atoms with Gasteiger partial charge in [-0.2, -0.15) is 0 Å². The second-order valence-electron chi connectivity index (χ2n) is 18.9. The molecule has 1 aromatic carbocycles. The number of hydrogen-bond donors (Lipinski definition) is 2. The van der Waals surface area contributed by atoms with Gasteiger partial charge >= 0.3 is 18.0 Å². The van der Waals surface area contributed by atoms with Crippen molar-refractivity contribution in [3.8, 4) is 0 Å². The summed E-state index contributed by atoms with van der Waals surface area (Å²) in [4.78, 5) is 62.1. The number of ether oxygens (including phenoxy) is 6. The number of cyclic esters (lactones) is 1. The van der Waals surface area contributed by atoms with Crippen molar-refractivity contribution in [1.29, 1.82) is 0 Å². The number of hydrogen-bond acceptors (Lipinski definition) is 15. The lowest BCUT2D eigenvalue weighted by atomic mass is 9.73. The summed E-state index contributed by atoms with van der Waals surface area (Å²) in [6, 6.07) is 3.18. The lowest BCUT2D eigenvalue weighted by Gasteiger charge is -2.48. The minimum absolute atomic E-state index is 0.0365. The number of nitrogens with zero attached hydrogens (tertiary/aromatic N) is 3. The molecule has 0 bridgehead atoms.